The van der Waals surface area contributed by atoms with Gasteiger partial charge in [0.15, 0.2) is 5.69 Å². The summed E-state index contributed by atoms with van der Waals surface area (Å²) in [6, 6.07) is 12.3. The Morgan fingerprint density at radius 3 is 3.00 bits per heavy atom. The summed E-state index contributed by atoms with van der Waals surface area (Å²) < 4.78 is 15.2. The molecule has 0 fully saturated rings. The Kier molecular flexibility index (Phi) is 3.96. The van der Waals surface area contributed by atoms with Crippen molar-refractivity contribution in [2.45, 2.75) is 13.5 Å². The minimum atomic E-state index is -0.419. The van der Waals surface area contributed by atoms with Gasteiger partial charge in [0, 0.05) is 11.6 Å². The number of anilines is 1. The van der Waals surface area contributed by atoms with E-state index in [-0.39, 0.29) is 5.69 Å². The van der Waals surface area contributed by atoms with Crippen LogP contribution in [-0.2, 0) is 6.54 Å². The second kappa shape index (κ2) is 6.44. The number of aryl methyl sites for hydroxylation is 1. The number of hydrogen-bond donors (Lipinski definition) is 2. The van der Waals surface area contributed by atoms with Crippen molar-refractivity contribution in [1.82, 2.24) is 20.0 Å². The van der Waals surface area contributed by atoms with Gasteiger partial charge < -0.3 is 5.32 Å². The van der Waals surface area contributed by atoms with Gasteiger partial charge in [-0.25, -0.2) is 4.39 Å². The van der Waals surface area contributed by atoms with Crippen LogP contribution in [0.15, 0.2) is 54.9 Å². The van der Waals surface area contributed by atoms with Crippen LogP contribution < -0.4 is 5.32 Å². The van der Waals surface area contributed by atoms with E-state index in [1.807, 2.05) is 25.1 Å². The highest BCUT2D eigenvalue weighted by Crippen LogP contribution is 2.18. The first-order valence-electron chi connectivity index (χ1n) is 8.11. The quantitative estimate of drug-likeness (QED) is 0.592. The number of aromatic amines is 1. The fourth-order valence-corrected chi connectivity index (χ4v) is 2.86. The van der Waals surface area contributed by atoms with Crippen molar-refractivity contribution in [3.05, 3.63) is 77.5 Å². The van der Waals surface area contributed by atoms with Gasteiger partial charge in [-0.1, -0.05) is 29.8 Å². The second-order valence-corrected chi connectivity index (χ2v) is 6.13. The maximum atomic E-state index is 13.4. The minimum absolute atomic E-state index is 0.144. The van der Waals surface area contributed by atoms with Crippen molar-refractivity contribution in [3.8, 4) is 0 Å². The van der Waals surface area contributed by atoms with Gasteiger partial charge in [-0.2, -0.15) is 10.2 Å². The van der Waals surface area contributed by atoms with Crippen molar-refractivity contribution in [1.29, 1.82) is 0 Å². The normalized spacial score (nSPS) is 11.0. The van der Waals surface area contributed by atoms with E-state index in [9.17, 15) is 9.18 Å². The number of fused-ring (bicyclic) bond motifs is 1. The summed E-state index contributed by atoms with van der Waals surface area (Å²) in [4.78, 5) is 12.5. The lowest BCUT2D eigenvalue weighted by Gasteiger charge is -2.03. The number of carbonyl (C=O) groups excluding carboxylic acids is 1. The topological polar surface area (TPSA) is 75.6 Å². The maximum absolute atomic E-state index is 13.4. The molecule has 2 N–H and O–H groups in total. The average Bonchev–Trinajstić information content (AvgIpc) is 3.21. The summed E-state index contributed by atoms with van der Waals surface area (Å²) in [6.07, 6.45) is 3.32. The van der Waals surface area contributed by atoms with Gasteiger partial charge in [-0.15, -0.1) is 0 Å². The van der Waals surface area contributed by atoms with E-state index in [2.05, 4.69) is 26.7 Å². The summed E-state index contributed by atoms with van der Waals surface area (Å²) in [6.45, 7) is 2.64. The van der Waals surface area contributed by atoms with Crippen molar-refractivity contribution >= 4 is 22.5 Å². The Morgan fingerprint density at radius 1 is 1.27 bits per heavy atom. The average molecular weight is 349 g/mol. The number of benzene rings is 2. The van der Waals surface area contributed by atoms with E-state index in [0.29, 0.717) is 23.1 Å². The molecule has 0 atom stereocenters. The highest BCUT2D eigenvalue weighted by atomic mass is 19.1. The molecule has 4 rings (SSSR count). The second-order valence-electron chi connectivity index (χ2n) is 6.13. The Morgan fingerprint density at radius 2 is 2.15 bits per heavy atom. The molecule has 0 radical (unpaired) electrons. The van der Waals surface area contributed by atoms with E-state index in [0.717, 1.165) is 5.56 Å². The van der Waals surface area contributed by atoms with Crippen molar-refractivity contribution in [2.24, 2.45) is 0 Å². The van der Waals surface area contributed by atoms with Gasteiger partial charge in [0.25, 0.3) is 5.91 Å². The molecule has 0 unspecified atom stereocenters. The summed E-state index contributed by atoms with van der Waals surface area (Å²) >= 11 is 0. The van der Waals surface area contributed by atoms with Crippen LogP contribution in [0.2, 0.25) is 0 Å². The molecule has 4 aromatic rings. The van der Waals surface area contributed by atoms with Gasteiger partial charge in [-0.05, 0) is 30.7 Å². The lowest BCUT2D eigenvalue weighted by Crippen LogP contribution is -2.12. The van der Waals surface area contributed by atoms with Crippen molar-refractivity contribution in [2.75, 3.05) is 5.32 Å². The fraction of sp³-hybridized carbons (Fsp3) is 0.105. The summed E-state index contributed by atoms with van der Waals surface area (Å²) in [5.41, 5.74) is 3.61. The van der Waals surface area contributed by atoms with Crippen LogP contribution in [-0.4, -0.2) is 25.9 Å². The molecule has 0 saturated heterocycles. The third-order valence-electron chi connectivity index (χ3n) is 4.06. The molecule has 2 aromatic heterocycles. The molecule has 0 saturated carbocycles. The molecule has 6 nitrogen and oxygen atoms in total. The summed E-state index contributed by atoms with van der Waals surface area (Å²) in [5, 5.41) is 14.2. The molecular weight excluding hydrogens is 333 g/mol. The van der Waals surface area contributed by atoms with Gasteiger partial charge >= 0.3 is 0 Å². The predicted molar refractivity (Wildman–Crippen MR) is 96.5 cm³/mol. The van der Waals surface area contributed by atoms with Crippen LogP contribution in [0.4, 0.5) is 10.1 Å². The number of nitrogens with zero attached hydrogens (tertiary/aromatic N) is 3. The Hall–Kier alpha value is -3.48. The molecule has 2 aromatic carbocycles. The van der Waals surface area contributed by atoms with E-state index in [1.165, 1.54) is 17.7 Å². The zero-order valence-corrected chi connectivity index (χ0v) is 14.0. The van der Waals surface area contributed by atoms with E-state index in [1.54, 1.807) is 23.1 Å². The number of carbonyl (C=O) groups is 1. The number of halogens is 1. The van der Waals surface area contributed by atoms with Gasteiger partial charge in [0.2, 0.25) is 0 Å². The molecule has 1 amide bonds. The largest absolute Gasteiger partial charge is 0.318 e. The monoisotopic (exact) mass is 349 g/mol. The Bertz CT molecular complexity index is 1100. The molecule has 0 aliphatic rings. The van der Waals surface area contributed by atoms with Crippen molar-refractivity contribution < 1.29 is 9.18 Å². The minimum Gasteiger partial charge on any atom is -0.318 e. The van der Waals surface area contributed by atoms with E-state index in [4.69, 9.17) is 0 Å². The van der Waals surface area contributed by atoms with Crippen LogP contribution in [0.3, 0.4) is 0 Å². The molecular formula is C19H16FN5O. The first-order chi connectivity index (χ1) is 12.6. The smallest absolute Gasteiger partial charge is 0.276 e. The number of rotatable bonds is 4. The molecule has 0 spiro atoms. The molecule has 0 aliphatic carbocycles. The Labute approximate surface area is 148 Å². The number of amides is 1. The molecule has 0 aliphatic heterocycles. The van der Waals surface area contributed by atoms with Crippen LogP contribution in [0, 0.1) is 12.7 Å². The number of hydrogen-bond acceptors (Lipinski definition) is 3. The molecule has 2 heterocycles. The highest BCUT2D eigenvalue weighted by Gasteiger charge is 2.15. The van der Waals surface area contributed by atoms with Crippen LogP contribution >= 0.6 is 0 Å². The zero-order valence-electron chi connectivity index (χ0n) is 14.0. The fourth-order valence-electron chi connectivity index (χ4n) is 2.86. The Balaban J connectivity index is 1.51. The lowest BCUT2D eigenvalue weighted by atomic mass is 10.1. The maximum Gasteiger partial charge on any atom is 0.276 e. The molecule has 0 bridgehead atoms. The van der Waals surface area contributed by atoms with Crippen LogP contribution in [0.25, 0.3) is 10.9 Å². The molecule has 7 heteroatoms. The number of aromatic nitrogens is 4. The van der Waals surface area contributed by atoms with E-state index >= 15 is 0 Å². The lowest BCUT2D eigenvalue weighted by molar-refractivity contribution is 0.102. The standard InChI is InChI=1S/C19H16FN5O/c1-12-3-2-4-13(7-12)10-25-11-15(9-21-25)22-19(26)18-16-8-14(20)5-6-17(16)23-24-18/h2-9,11H,10H2,1H3,(H,22,26)(H,23,24). The number of H-pyrrole nitrogens is 1. The van der Waals surface area contributed by atoms with Crippen LogP contribution in [0.1, 0.15) is 21.6 Å². The first-order valence-corrected chi connectivity index (χ1v) is 8.11. The molecule has 130 valence electrons. The summed E-state index contributed by atoms with van der Waals surface area (Å²) in [5.74, 6) is -0.837. The van der Waals surface area contributed by atoms with Gasteiger partial charge in [0.05, 0.1) is 23.9 Å². The predicted octanol–water partition coefficient (Wildman–Crippen LogP) is 3.51. The van der Waals surface area contributed by atoms with Gasteiger partial charge in [0.1, 0.15) is 5.82 Å². The van der Waals surface area contributed by atoms with Gasteiger partial charge in [-0.3, -0.25) is 14.6 Å². The summed E-state index contributed by atoms with van der Waals surface area (Å²) in [7, 11) is 0. The third kappa shape index (κ3) is 3.19. The highest BCUT2D eigenvalue weighted by molar-refractivity contribution is 6.10. The number of nitrogens with one attached hydrogen (secondary N) is 2. The first kappa shape index (κ1) is 16.0. The zero-order chi connectivity index (χ0) is 18.1. The molecule has 26 heavy (non-hydrogen) atoms. The van der Waals surface area contributed by atoms with E-state index < -0.39 is 11.7 Å². The third-order valence-corrected chi connectivity index (χ3v) is 4.06. The SMILES string of the molecule is Cc1cccc(Cn2cc(NC(=O)c3n[nH]c4ccc(F)cc34)cn2)c1. The van der Waals surface area contributed by atoms with Crippen LogP contribution in [0.5, 0.6) is 0 Å². The van der Waals surface area contributed by atoms with Crippen molar-refractivity contribution in [3.63, 3.8) is 0 Å².